The van der Waals surface area contributed by atoms with Crippen LogP contribution in [-0.4, -0.2) is 29.4 Å². The van der Waals surface area contributed by atoms with Crippen LogP contribution < -0.4 is 51.4 Å². The third-order valence-corrected chi connectivity index (χ3v) is 4.47. The molecule has 0 fully saturated rings. The second-order valence-corrected chi connectivity index (χ2v) is 6.75. The van der Waals surface area contributed by atoms with Crippen molar-refractivity contribution in [3.63, 3.8) is 0 Å². The molecule has 0 aliphatic carbocycles. The molecule has 1 N–H and O–H groups in total. The van der Waals surface area contributed by atoms with E-state index >= 15 is 0 Å². The van der Waals surface area contributed by atoms with Crippen molar-refractivity contribution in [2.24, 2.45) is 0 Å². The number of unbranched alkanes of at least 4 members (excludes halogenated alkanes) is 4. The Bertz CT molecular complexity index is 291. The van der Waals surface area contributed by atoms with Gasteiger partial charge in [0.05, 0.1) is 16.2 Å². The Balaban J connectivity index is 0. The van der Waals surface area contributed by atoms with Crippen molar-refractivity contribution < 1.29 is 69.5 Å². The number of hydrogen-bond donors (Lipinski definition) is 1. The molecule has 110 valence electrons. The van der Waals surface area contributed by atoms with Gasteiger partial charge in [-0.15, -0.1) is 0 Å². The number of aliphatic hydroxyl groups is 1. The van der Waals surface area contributed by atoms with E-state index in [0.29, 0.717) is 12.8 Å². The zero-order valence-corrected chi connectivity index (χ0v) is 16.5. The third kappa shape index (κ3) is 14.2. The monoisotopic (exact) mass is 318 g/mol. The maximum absolute atomic E-state index is 11.1. The minimum atomic E-state index is -4.13. The van der Waals surface area contributed by atoms with E-state index in [1.165, 1.54) is 0 Å². The van der Waals surface area contributed by atoms with Crippen LogP contribution in [0.15, 0.2) is 0 Å². The van der Waals surface area contributed by atoms with Crippen molar-refractivity contribution >= 4 is 10.1 Å². The molecule has 0 aromatic rings. The molecule has 0 amide bonds. The zero-order valence-electron chi connectivity index (χ0n) is 12.6. The van der Waals surface area contributed by atoms with Crippen molar-refractivity contribution in [1.82, 2.24) is 0 Å². The minimum Gasteiger partial charge on any atom is -0.748 e. The van der Waals surface area contributed by atoms with Gasteiger partial charge in [0.25, 0.3) is 0 Å². The first-order chi connectivity index (χ1) is 8.38. The van der Waals surface area contributed by atoms with Gasteiger partial charge in [-0.05, 0) is 26.2 Å². The van der Waals surface area contributed by atoms with Crippen LogP contribution in [0.4, 0.5) is 0 Å². The second kappa shape index (κ2) is 13.2. The average Bonchev–Trinajstić information content (AvgIpc) is 2.24. The molecule has 4 nitrogen and oxygen atoms in total. The van der Waals surface area contributed by atoms with Crippen LogP contribution in [0.3, 0.4) is 0 Å². The van der Waals surface area contributed by atoms with Crippen molar-refractivity contribution in [2.75, 3.05) is 0 Å². The van der Waals surface area contributed by atoms with Crippen LogP contribution >= 0.6 is 0 Å². The maximum Gasteiger partial charge on any atom is 1.00 e. The molecule has 0 aromatic heterocycles. The first kappa shape index (κ1) is 22.8. The normalized spacial score (nSPS) is 14.7. The molecule has 0 radical (unpaired) electrons. The molecule has 2 atom stereocenters. The molecule has 0 rings (SSSR count). The Hall–Kier alpha value is 1.51. The van der Waals surface area contributed by atoms with Crippen molar-refractivity contribution in [3.8, 4) is 0 Å². The Kier molecular flexibility index (Phi) is 15.8. The summed E-state index contributed by atoms with van der Waals surface area (Å²) in [5, 5.41) is 8.38. The summed E-state index contributed by atoms with van der Waals surface area (Å²) in [4.78, 5) is 0. The fourth-order valence-electron chi connectivity index (χ4n) is 2.03. The van der Waals surface area contributed by atoms with E-state index in [9.17, 15) is 13.0 Å². The smallest absolute Gasteiger partial charge is 0.748 e. The standard InChI is InChI=1S/C13H28O4S.K/c1-3-4-10-13(18(15,16)17)11-8-6-5-7-9-12(2)14;/h12-14H,3-11H2,1-2H3,(H,15,16,17);/q;+1/p-1. The van der Waals surface area contributed by atoms with E-state index in [1.807, 2.05) is 6.92 Å². The Morgan fingerprint density at radius 2 is 1.47 bits per heavy atom. The summed E-state index contributed by atoms with van der Waals surface area (Å²) >= 11 is 0. The maximum atomic E-state index is 11.1. The van der Waals surface area contributed by atoms with Crippen LogP contribution in [0.1, 0.15) is 71.6 Å². The molecule has 0 spiro atoms. The summed E-state index contributed by atoms with van der Waals surface area (Å²) in [6, 6.07) is 0. The van der Waals surface area contributed by atoms with Gasteiger partial charge in [0, 0.05) is 5.25 Å². The van der Waals surface area contributed by atoms with E-state index in [-0.39, 0.29) is 57.5 Å². The second-order valence-electron chi connectivity index (χ2n) is 5.10. The Labute approximate surface area is 160 Å². The predicted molar refractivity (Wildman–Crippen MR) is 72.4 cm³/mol. The summed E-state index contributed by atoms with van der Waals surface area (Å²) in [5.74, 6) is 0. The van der Waals surface area contributed by atoms with Crippen molar-refractivity contribution in [1.29, 1.82) is 0 Å². The van der Waals surface area contributed by atoms with E-state index in [4.69, 9.17) is 5.11 Å². The first-order valence-corrected chi connectivity index (χ1v) is 8.47. The van der Waals surface area contributed by atoms with Crippen LogP contribution in [-0.2, 0) is 10.1 Å². The molecule has 2 unspecified atom stereocenters. The SMILES string of the molecule is CCCCC(CCCCCCC(C)O)S(=O)(=O)[O-].[K+]. The van der Waals surface area contributed by atoms with Crippen molar-refractivity contribution in [3.05, 3.63) is 0 Å². The van der Waals surface area contributed by atoms with Crippen molar-refractivity contribution in [2.45, 2.75) is 83.0 Å². The van der Waals surface area contributed by atoms with E-state index in [0.717, 1.165) is 44.9 Å². The molecular formula is C13H27KO4S. The summed E-state index contributed by atoms with van der Waals surface area (Å²) in [6.07, 6.45) is 6.90. The molecule has 6 heteroatoms. The van der Waals surface area contributed by atoms with Crippen LogP contribution in [0.5, 0.6) is 0 Å². The van der Waals surface area contributed by atoms with Gasteiger partial charge in [0.1, 0.15) is 0 Å². The molecule has 0 aromatic carbocycles. The van der Waals surface area contributed by atoms with Gasteiger partial charge < -0.3 is 9.66 Å². The van der Waals surface area contributed by atoms with Gasteiger partial charge in [-0.1, -0.05) is 45.4 Å². The quantitative estimate of drug-likeness (QED) is 0.326. The number of rotatable bonds is 11. The van der Waals surface area contributed by atoms with Crippen LogP contribution in [0.2, 0.25) is 0 Å². The van der Waals surface area contributed by atoms with Crippen LogP contribution in [0, 0.1) is 0 Å². The average molecular weight is 319 g/mol. The topological polar surface area (TPSA) is 77.4 Å². The summed E-state index contributed by atoms with van der Waals surface area (Å²) in [5.41, 5.74) is 0. The Morgan fingerprint density at radius 3 is 1.89 bits per heavy atom. The van der Waals surface area contributed by atoms with Crippen LogP contribution in [0.25, 0.3) is 0 Å². The first-order valence-electron chi connectivity index (χ1n) is 7.00. The van der Waals surface area contributed by atoms with Gasteiger partial charge in [-0.3, -0.25) is 0 Å². The molecule has 0 bridgehead atoms. The Morgan fingerprint density at radius 1 is 1.00 bits per heavy atom. The minimum absolute atomic E-state index is 0. The summed E-state index contributed by atoms with van der Waals surface area (Å²) < 4.78 is 33.2. The van der Waals surface area contributed by atoms with Gasteiger partial charge in [-0.2, -0.15) is 0 Å². The fraction of sp³-hybridized carbons (Fsp3) is 1.00. The fourth-order valence-corrected chi connectivity index (χ4v) is 2.94. The third-order valence-electron chi connectivity index (χ3n) is 3.19. The summed E-state index contributed by atoms with van der Waals surface area (Å²) in [6.45, 7) is 3.76. The molecule has 0 aliphatic heterocycles. The summed E-state index contributed by atoms with van der Waals surface area (Å²) in [7, 11) is -4.13. The van der Waals surface area contributed by atoms with Gasteiger partial charge >= 0.3 is 51.4 Å². The van der Waals surface area contributed by atoms with Gasteiger partial charge in [-0.25, -0.2) is 8.42 Å². The van der Waals surface area contributed by atoms with Gasteiger partial charge in [0.2, 0.25) is 0 Å². The van der Waals surface area contributed by atoms with E-state index < -0.39 is 15.4 Å². The molecule has 0 saturated heterocycles. The predicted octanol–water partition coefficient (Wildman–Crippen LogP) is -0.184. The molecule has 19 heavy (non-hydrogen) atoms. The molecular weight excluding hydrogens is 291 g/mol. The zero-order chi connectivity index (χ0) is 14.0. The number of aliphatic hydroxyl groups excluding tert-OH is 1. The number of hydrogen-bond acceptors (Lipinski definition) is 4. The molecule has 0 aliphatic rings. The van der Waals surface area contributed by atoms with Gasteiger partial charge in [0.15, 0.2) is 0 Å². The van der Waals surface area contributed by atoms with E-state index in [1.54, 1.807) is 6.92 Å². The molecule has 0 heterocycles. The van der Waals surface area contributed by atoms with E-state index in [2.05, 4.69) is 0 Å². The molecule has 0 saturated carbocycles. The largest absolute Gasteiger partial charge is 1.00 e.